The molecule has 4 nitrogen and oxygen atoms in total. The van der Waals surface area contributed by atoms with Crippen LogP contribution in [-0.4, -0.2) is 61.1 Å². The summed E-state index contributed by atoms with van der Waals surface area (Å²) in [5.41, 5.74) is 4.45. The first-order valence-electron chi connectivity index (χ1n) is 8.76. The Labute approximate surface area is 153 Å². The van der Waals surface area contributed by atoms with Gasteiger partial charge in [0.25, 0.3) is 0 Å². The fourth-order valence-corrected chi connectivity index (χ4v) is 3.98. The minimum atomic E-state index is 0.206. The highest BCUT2D eigenvalue weighted by atomic mass is 35.5. The molecule has 0 aliphatic carbocycles. The Morgan fingerprint density at radius 1 is 1.12 bits per heavy atom. The van der Waals surface area contributed by atoms with E-state index in [0.717, 1.165) is 54.6 Å². The highest BCUT2D eigenvalue weighted by Gasteiger charge is 2.31. The molecule has 0 aromatic heterocycles. The fourth-order valence-electron chi connectivity index (χ4n) is 3.81. The molecule has 1 unspecified atom stereocenters. The summed E-state index contributed by atoms with van der Waals surface area (Å²) in [6, 6.07) is 16.8. The van der Waals surface area contributed by atoms with Crippen LogP contribution >= 0.6 is 11.6 Å². The first kappa shape index (κ1) is 16.6. The molecule has 0 saturated carbocycles. The van der Waals surface area contributed by atoms with E-state index in [1.54, 1.807) is 0 Å². The maximum absolute atomic E-state index is 9.25. The monoisotopic (exact) mass is 355 g/mol. The summed E-state index contributed by atoms with van der Waals surface area (Å²) in [4.78, 5) is 9.76. The molecule has 1 fully saturated rings. The molecule has 2 aliphatic heterocycles. The maximum atomic E-state index is 9.25. The first-order valence-corrected chi connectivity index (χ1v) is 9.13. The van der Waals surface area contributed by atoms with Gasteiger partial charge in [-0.2, -0.15) is 0 Å². The van der Waals surface area contributed by atoms with Crippen molar-refractivity contribution in [1.82, 2.24) is 4.90 Å². The summed E-state index contributed by atoms with van der Waals surface area (Å²) in [5.74, 6) is 0. The van der Waals surface area contributed by atoms with Gasteiger partial charge in [-0.05, 0) is 18.2 Å². The molecule has 0 amide bonds. The van der Waals surface area contributed by atoms with Crippen molar-refractivity contribution in [3.8, 4) is 0 Å². The number of anilines is 1. The zero-order valence-electron chi connectivity index (χ0n) is 14.1. The van der Waals surface area contributed by atoms with Gasteiger partial charge in [0.2, 0.25) is 0 Å². The summed E-state index contributed by atoms with van der Waals surface area (Å²) in [5, 5.41) is 9.99. The van der Waals surface area contributed by atoms with Crippen molar-refractivity contribution < 1.29 is 5.11 Å². The van der Waals surface area contributed by atoms with E-state index < -0.39 is 0 Å². The molecule has 1 atom stereocenters. The standard InChI is InChI=1S/C20H22ClN3O/c21-16-6-7-19-18(12-16)20(15-4-2-1-3-5-15)22-13-17-14-23(10-11-25)8-9-24(17)19/h1-7,12,17,25H,8-11,13-14H2. The highest BCUT2D eigenvalue weighted by molar-refractivity contribution is 6.31. The molecule has 5 heteroatoms. The van der Waals surface area contributed by atoms with Gasteiger partial charge in [-0.3, -0.25) is 9.89 Å². The normalized spacial score (nSPS) is 20.5. The average Bonchev–Trinajstić information content (AvgIpc) is 2.79. The molecular formula is C20H22ClN3O. The number of aliphatic imine (C=N–C) groups is 1. The second kappa shape index (κ2) is 7.16. The Morgan fingerprint density at radius 3 is 2.76 bits per heavy atom. The third-order valence-electron chi connectivity index (χ3n) is 5.01. The molecule has 0 spiro atoms. The minimum absolute atomic E-state index is 0.206. The number of benzene rings is 2. The molecule has 2 aromatic carbocycles. The molecule has 0 bridgehead atoms. The van der Waals surface area contributed by atoms with Gasteiger partial charge in [0, 0.05) is 48.0 Å². The van der Waals surface area contributed by atoms with E-state index in [0.29, 0.717) is 6.04 Å². The van der Waals surface area contributed by atoms with Gasteiger partial charge in [0.1, 0.15) is 0 Å². The Morgan fingerprint density at radius 2 is 1.96 bits per heavy atom. The van der Waals surface area contributed by atoms with Crippen LogP contribution in [0.5, 0.6) is 0 Å². The van der Waals surface area contributed by atoms with Crippen LogP contribution in [0.1, 0.15) is 11.1 Å². The number of aliphatic hydroxyl groups excluding tert-OH is 1. The van der Waals surface area contributed by atoms with E-state index in [1.165, 1.54) is 5.69 Å². The van der Waals surface area contributed by atoms with Crippen LogP contribution in [0.15, 0.2) is 53.5 Å². The van der Waals surface area contributed by atoms with Crippen LogP contribution in [0, 0.1) is 0 Å². The lowest BCUT2D eigenvalue weighted by molar-refractivity contribution is 0.172. The van der Waals surface area contributed by atoms with Crippen molar-refractivity contribution in [3.63, 3.8) is 0 Å². The van der Waals surface area contributed by atoms with Crippen molar-refractivity contribution in [1.29, 1.82) is 0 Å². The SMILES string of the molecule is OCCN1CCN2c3ccc(Cl)cc3C(c3ccccc3)=NCC2C1. The summed E-state index contributed by atoms with van der Waals surface area (Å²) >= 11 is 6.31. The van der Waals surface area contributed by atoms with Gasteiger partial charge >= 0.3 is 0 Å². The number of rotatable bonds is 3. The van der Waals surface area contributed by atoms with Crippen LogP contribution < -0.4 is 4.90 Å². The predicted molar refractivity (Wildman–Crippen MR) is 103 cm³/mol. The van der Waals surface area contributed by atoms with Crippen molar-refractivity contribution in [2.75, 3.05) is 44.2 Å². The largest absolute Gasteiger partial charge is 0.395 e. The Bertz CT molecular complexity index is 778. The van der Waals surface area contributed by atoms with E-state index in [2.05, 4.69) is 28.0 Å². The third-order valence-corrected chi connectivity index (χ3v) is 5.25. The van der Waals surface area contributed by atoms with Gasteiger partial charge in [-0.1, -0.05) is 41.9 Å². The lowest BCUT2D eigenvalue weighted by Crippen LogP contribution is -2.55. The van der Waals surface area contributed by atoms with E-state index in [4.69, 9.17) is 16.6 Å². The zero-order chi connectivity index (χ0) is 17.2. The van der Waals surface area contributed by atoms with E-state index in [1.807, 2.05) is 30.3 Å². The van der Waals surface area contributed by atoms with Crippen LogP contribution in [0.25, 0.3) is 0 Å². The second-order valence-electron chi connectivity index (χ2n) is 6.59. The average molecular weight is 356 g/mol. The lowest BCUT2D eigenvalue weighted by atomic mass is 10.00. The molecule has 4 rings (SSSR count). The fraction of sp³-hybridized carbons (Fsp3) is 0.350. The maximum Gasteiger partial charge on any atom is 0.0741 e. The zero-order valence-corrected chi connectivity index (χ0v) is 14.9. The minimum Gasteiger partial charge on any atom is -0.395 e. The number of fused-ring (bicyclic) bond motifs is 3. The van der Waals surface area contributed by atoms with Gasteiger partial charge < -0.3 is 10.0 Å². The van der Waals surface area contributed by atoms with Gasteiger partial charge in [-0.25, -0.2) is 0 Å². The molecule has 2 heterocycles. The molecule has 0 radical (unpaired) electrons. The molecular weight excluding hydrogens is 334 g/mol. The summed E-state index contributed by atoms with van der Waals surface area (Å²) in [7, 11) is 0. The molecule has 1 N–H and O–H groups in total. The first-order chi connectivity index (χ1) is 12.3. The Kier molecular flexibility index (Phi) is 4.75. The summed E-state index contributed by atoms with van der Waals surface area (Å²) in [6.45, 7) is 4.51. The smallest absolute Gasteiger partial charge is 0.0741 e. The van der Waals surface area contributed by atoms with Crippen LogP contribution in [0.2, 0.25) is 5.02 Å². The number of halogens is 1. The van der Waals surface area contributed by atoms with Crippen molar-refractivity contribution in [3.05, 3.63) is 64.7 Å². The topological polar surface area (TPSA) is 39.1 Å². The van der Waals surface area contributed by atoms with E-state index >= 15 is 0 Å². The lowest BCUT2D eigenvalue weighted by Gasteiger charge is -2.42. The van der Waals surface area contributed by atoms with E-state index in [9.17, 15) is 5.11 Å². The highest BCUT2D eigenvalue weighted by Crippen LogP contribution is 2.32. The summed E-state index contributed by atoms with van der Waals surface area (Å²) in [6.07, 6.45) is 0. The second-order valence-corrected chi connectivity index (χ2v) is 7.02. The molecule has 130 valence electrons. The van der Waals surface area contributed by atoms with E-state index in [-0.39, 0.29) is 6.61 Å². The number of β-amino-alcohol motifs (C(OH)–C–C–N with tert-alkyl or cyclic N) is 1. The number of piperazine rings is 1. The van der Waals surface area contributed by atoms with Crippen molar-refractivity contribution >= 4 is 23.0 Å². The number of hydrogen-bond acceptors (Lipinski definition) is 4. The van der Waals surface area contributed by atoms with Crippen LogP contribution in [-0.2, 0) is 0 Å². The molecule has 2 aromatic rings. The van der Waals surface area contributed by atoms with Gasteiger partial charge in [-0.15, -0.1) is 0 Å². The molecule has 1 saturated heterocycles. The molecule has 2 aliphatic rings. The Balaban J connectivity index is 1.76. The van der Waals surface area contributed by atoms with Crippen molar-refractivity contribution in [2.24, 2.45) is 4.99 Å². The quantitative estimate of drug-likeness (QED) is 0.920. The van der Waals surface area contributed by atoms with Crippen molar-refractivity contribution in [2.45, 2.75) is 6.04 Å². The summed E-state index contributed by atoms with van der Waals surface area (Å²) < 4.78 is 0. The van der Waals surface area contributed by atoms with Crippen LogP contribution in [0.4, 0.5) is 5.69 Å². The Hall–Kier alpha value is -1.88. The van der Waals surface area contributed by atoms with Gasteiger partial charge in [0.05, 0.1) is 24.9 Å². The number of aliphatic hydroxyl groups is 1. The van der Waals surface area contributed by atoms with Gasteiger partial charge in [0.15, 0.2) is 0 Å². The number of hydrogen-bond donors (Lipinski definition) is 1. The molecule has 25 heavy (non-hydrogen) atoms. The predicted octanol–water partition coefficient (Wildman–Crippen LogP) is 2.67. The number of nitrogens with zero attached hydrogens (tertiary/aromatic N) is 3. The third kappa shape index (κ3) is 3.30. The van der Waals surface area contributed by atoms with Crippen LogP contribution in [0.3, 0.4) is 0 Å².